The summed E-state index contributed by atoms with van der Waals surface area (Å²) >= 11 is 0. The average molecular weight is 136 g/mol. The van der Waals surface area contributed by atoms with E-state index in [1.807, 2.05) is 41.8 Å². The predicted octanol–water partition coefficient (Wildman–Crippen LogP) is 1.46. The van der Waals surface area contributed by atoms with Crippen LogP contribution in [0.4, 0.5) is 0 Å². The molecule has 0 unspecified atom stereocenters. The highest BCUT2D eigenvalue weighted by Gasteiger charge is 1.25. The molecule has 0 aliphatic carbocycles. The molecule has 9 heavy (non-hydrogen) atoms. The molecule has 2 heteroatoms. The Morgan fingerprint density at radius 2 is 0.778 bits per heavy atom. The Labute approximate surface area is 60.8 Å². The summed E-state index contributed by atoms with van der Waals surface area (Å²) in [6.07, 6.45) is 0. The lowest BCUT2D eigenvalue weighted by atomic mass is 11.0. The van der Waals surface area contributed by atoms with Gasteiger partial charge in [-0.2, -0.15) is 0 Å². The monoisotopic (exact) mass is 136 g/mol. The predicted molar refractivity (Wildman–Crippen MR) is 47.8 cm³/mol. The third-order valence-corrected chi connectivity index (χ3v) is 0. The highest BCUT2D eigenvalue weighted by Crippen LogP contribution is 1.15. The van der Waals surface area contributed by atoms with Crippen LogP contribution in [0.1, 0.15) is 27.7 Å². The number of nitrogens with one attached hydrogen (secondary N) is 1. The van der Waals surface area contributed by atoms with Crippen LogP contribution in [0, 0.1) is 0 Å². The molecule has 0 rings (SSSR count). The lowest BCUT2D eigenvalue weighted by molar-refractivity contribution is 1.02. The molecule has 3 N–H and O–H groups in total. The Morgan fingerprint density at radius 1 is 0.778 bits per heavy atom. The molecule has 0 heterocycles. The van der Waals surface area contributed by atoms with Gasteiger partial charge in [0.15, 0.2) is 0 Å². The topological polar surface area (TPSA) is 38.0 Å². The van der Waals surface area contributed by atoms with Gasteiger partial charge in [0.05, 0.1) is 0 Å². The zero-order valence-electron chi connectivity index (χ0n) is 8.08. The third kappa shape index (κ3) is 43400. The van der Waals surface area contributed by atoms with E-state index in [1.165, 1.54) is 7.05 Å². The number of hydrogen-bond donors (Lipinski definition) is 2. The van der Waals surface area contributed by atoms with E-state index in [4.69, 9.17) is 0 Å². The van der Waals surface area contributed by atoms with Crippen molar-refractivity contribution in [1.29, 1.82) is 0 Å². The van der Waals surface area contributed by atoms with Gasteiger partial charge in [0.1, 0.15) is 0 Å². The molecule has 0 aliphatic heterocycles. The molecule has 0 atom stereocenters. The van der Waals surface area contributed by atoms with Crippen LogP contribution in [0.25, 0.3) is 0 Å². The van der Waals surface area contributed by atoms with Gasteiger partial charge in [-0.05, 0) is 21.1 Å². The Bertz CT molecular complexity index is 6.88. The first kappa shape index (κ1) is 23.1. The van der Waals surface area contributed by atoms with E-state index < -0.39 is 0 Å². The molecular weight excluding hydrogens is 112 g/mol. The van der Waals surface area contributed by atoms with Crippen molar-refractivity contribution in [2.24, 2.45) is 5.73 Å². The van der Waals surface area contributed by atoms with Crippen LogP contribution in [-0.2, 0) is 0 Å². The van der Waals surface area contributed by atoms with Crippen molar-refractivity contribution in [3.63, 3.8) is 0 Å². The van der Waals surface area contributed by atoms with Gasteiger partial charge in [0.2, 0.25) is 0 Å². The summed E-state index contributed by atoms with van der Waals surface area (Å²) in [5.41, 5.74) is 4.50. The smallest absolute Gasteiger partial charge is 0.0167 e. The second-order valence-corrected chi connectivity index (χ2v) is 0.500. The third-order valence-electron chi connectivity index (χ3n) is 0. The Hall–Kier alpha value is -0.0800. The van der Waals surface area contributed by atoms with Crippen molar-refractivity contribution in [2.75, 3.05) is 21.1 Å². The van der Waals surface area contributed by atoms with Gasteiger partial charge in [-0.15, -0.1) is 0 Å². The van der Waals surface area contributed by atoms with E-state index >= 15 is 0 Å². The minimum atomic E-state index is 1.50. The standard InChI is InChI=1S/C2H7N.2C2H6.CH5N/c1-3-2;3*1-2/h3H,1-2H3;2*1-2H3;2H2,1H3. The number of hydrogen-bond acceptors (Lipinski definition) is 2. The van der Waals surface area contributed by atoms with Crippen molar-refractivity contribution in [3.8, 4) is 0 Å². The summed E-state index contributed by atoms with van der Waals surface area (Å²) in [5.74, 6) is 0. The van der Waals surface area contributed by atoms with Crippen LogP contribution in [0.2, 0.25) is 0 Å². The molecule has 0 saturated carbocycles. The Balaban J connectivity index is -0.0000000190. The molecular formula is C7H24N2. The highest BCUT2D eigenvalue weighted by molar-refractivity contribution is 3.91. The highest BCUT2D eigenvalue weighted by atomic mass is 14.7. The fraction of sp³-hybridized carbons (Fsp3) is 1.00. The fourth-order valence-corrected chi connectivity index (χ4v) is 0. The first-order valence-electron chi connectivity index (χ1n) is 3.58. The normalized spacial score (nSPS) is 4.00. The van der Waals surface area contributed by atoms with E-state index in [0.717, 1.165) is 0 Å². The van der Waals surface area contributed by atoms with E-state index in [-0.39, 0.29) is 0 Å². The molecule has 0 aliphatic rings. The Morgan fingerprint density at radius 3 is 0.778 bits per heavy atom. The zero-order valence-corrected chi connectivity index (χ0v) is 8.08. The molecule has 0 aromatic rings. The van der Waals surface area contributed by atoms with E-state index in [9.17, 15) is 0 Å². The summed E-state index contributed by atoms with van der Waals surface area (Å²) < 4.78 is 0. The first-order valence-corrected chi connectivity index (χ1v) is 3.58. The summed E-state index contributed by atoms with van der Waals surface area (Å²) in [6, 6.07) is 0. The second-order valence-electron chi connectivity index (χ2n) is 0.500. The summed E-state index contributed by atoms with van der Waals surface area (Å²) in [5, 5.41) is 2.75. The van der Waals surface area contributed by atoms with Crippen LogP contribution in [0.5, 0.6) is 0 Å². The summed E-state index contributed by atoms with van der Waals surface area (Å²) in [7, 11) is 5.25. The molecule has 62 valence electrons. The maximum atomic E-state index is 4.50. The molecule has 0 amide bonds. The van der Waals surface area contributed by atoms with Crippen molar-refractivity contribution in [1.82, 2.24) is 5.32 Å². The minimum absolute atomic E-state index is 1.50. The molecule has 0 spiro atoms. The maximum Gasteiger partial charge on any atom is -0.0167 e. The van der Waals surface area contributed by atoms with Crippen molar-refractivity contribution in [2.45, 2.75) is 27.7 Å². The fourth-order valence-electron chi connectivity index (χ4n) is 0. The quantitative estimate of drug-likeness (QED) is 0.529. The largest absolute Gasteiger partial charge is 0.333 e. The van der Waals surface area contributed by atoms with E-state index in [0.29, 0.717) is 0 Å². The van der Waals surface area contributed by atoms with Crippen LogP contribution in [0.15, 0.2) is 0 Å². The molecule has 0 aromatic heterocycles. The van der Waals surface area contributed by atoms with Crippen LogP contribution in [-0.4, -0.2) is 21.1 Å². The SMILES string of the molecule is CC.CC.CN.CNC. The Kier molecular flexibility index (Phi) is 1150. The zero-order chi connectivity index (χ0) is 8.71. The first-order chi connectivity index (χ1) is 4.41. The maximum absolute atomic E-state index is 4.50. The molecule has 0 bridgehead atoms. The van der Waals surface area contributed by atoms with Gasteiger partial charge >= 0.3 is 0 Å². The van der Waals surface area contributed by atoms with Crippen molar-refractivity contribution in [3.05, 3.63) is 0 Å². The minimum Gasteiger partial charge on any atom is -0.333 e. The van der Waals surface area contributed by atoms with Gasteiger partial charge in [0, 0.05) is 0 Å². The second kappa shape index (κ2) is 448. The van der Waals surface area contributed by atoms with Crippen LogP contribution >= 0.6 is 0 Å². The van der Waals surface area contributed by atoms with Gasteiger partial charge in [-0.3, -0.25) is 0 Å². The summed E-state index contributed by atoms with van der Waals surface area (Å²) in [6.45, 7) is 8.00. The molecule has 0 saturated heterocycles. The number of rotatable bonds is 0. The molecule has 0 aromatic carbocycles. The van der Waals surface area contributed by atoms with Crippen molar-refractivity contribution >= 4 is 0 Å². The summed E-state index contributed by atoms with van der Waals surface area (Å²) in [4.78, 5) is 0. The van der Waals surface area contributed by atoms with Crippen LogP contribution in [0.3, 0.4) is 0 Å². The van der Waals surface area contributed by atoms with Gasteiger partial charge in [0.25, 0.3) is 0 Å². The molecule has 2 nitrogen and oxygen atoms in total. The lowest BCUT2D eigenvalue weighted by Crippen LogP contribution is -1.89. The number of nitrogens with two attached hydrogens (primary N) is 1. The van der Waals surface area contributed by atoms with E-state index in [1.54, 1.807) is 0 Å². The van der Waals surface area contributed by atoms with Crippen LogP contribution < -0.4 is 11.1 Å². The van der Waals surface area contributed by atoms with Gasteiger partial charge in [-0.1, -0.05) is 27.7 Å². The van der Waals surface area contributed by atoms with Crippen molar-refractivity contribution < 1.29 is 0 Å². The molecule has 0 radical (unpaired) electrons. The molecule has 0 fully saturated rings. The average Bonchev–Trinajstić information content (AvgIpc) is 2.01. The van der Waals surface area contributed by atoms with Gasteiger partial charge in [-0.25, -0.2) is 0 Å². The van der Waals surface area contributed by atoms with E-state index in [2.05, 4.69) is 11.1 Å². The van der Waals surface area contributed by atoms with Gasteiger partial charge < -0.3 is 11.1 Å². The lowest BCUT2D eigenvalue weighted by Gasteiger charge is -1.59.